The van der Waals surface area contributed by atoms with Crippen molar-refractivity contribution in [1.82, 2.24) is 0 Å². The minimum atomic E-state index is -0.662. The summed E-state index contributed by atoms with van der Waals surface area (Å²) in [6.07, 6.45) is 0. The van der Waals surface area contributed by atoms with Crippen molar-refractivity contribution in [1.29, 1.82) is 0 Å². The van der Waals surface area contributed by atoms with E-state index in [-0.39, 0.29) is 0 Å². The largest absolute Gasteiger partial charge is 0.310 e. The Kier molecular flexibility index (Phi) is 6.56. The second-order valence-corrected chi connectivity index (χ2v) is 10.8. The summed E-state index contributed by atoms with van der Waals surface area (Å²) in [7, 11) is -0.662. The molecule has 0 fully saturated rings. The Hall–Kier alpha value is -3.67. The van der Waals surface area contributed by atoms with Crippen LogP contribution in [0.3, 0.4) is 0 Å². The normalized spacial score (nSPS) is 10.9. The lowest BCUT2D eigenvalue weighted by atomic mass is 10.1. The summed E-state index contributed by atoms with van der Waals surface area (Å²) in [6, 6.07) is 48.4. The summed E-state index contributed by atoms with van der Waals surface area (Å²) in [5.74, 6) is 0. The summed E-state index contributed by atoms with van der Waals surface area (Å²) in [6.45, 7) is 4.26. The number of nitrogens with zero attached hydrogens (tertiary/aromatic N) is 1. The maximum absolute atomic E-state index is 2.37. The first-order valence-corrected chi connectivity index (χ1v) is 13.0. The molecular formula is C32H28NP. The van der Waals surface area contributed by atoms with E-state index >= 15 is 0 Å². The highest BCUT2D eigenvalue weighted by Crippen LogP contribution is 2.38. The molecule has 0 aliphatic carbocycles. The van der Waals surface area contributed by atoms with Gasteiger partial charge in [-0.15, -0.1) is 0 Å². The third-order valence-corrected chi connectivity index (χ3v) is 8.38. The van der Waals surface area contributed by atoms with E-state index < -0.39 is 7.92 Å². The molecule has 0 atom stereocenters. The highest BCUT2D eigenvalue weighted by Gasteiger charge is 2.19. The molecule has 0 bridgehead atoms. The maximum Gasteiger partial charge on any atom is 0.0468 e. The van der Waals surface area contributed by atoms with E-state index in [4.69, 9.17) is 0 Å². The summed E-state index contributed by atoms with van der Waals surface area (Å²) in [5.41, 5.74) is 6.02. The van der Waals surface area contributed by atoms with Gasteiger partial charge in [0.2, 0.25) is 0 Å². The van der Waals surface area contributed by atoms with Crippen molar-refractivity contribution >= 4 is 40.9 Å². The Labute approximate surface area is 204 Å². The molecule has 0 N–H and O–H groups in total. The smallest absolute Gasteiger partial charge is 0.0468 e. The highest BCUT2D eigenvalue weighted by molar-refractivity contribution is 7.79. The van der Waals surface area contributed by atoms with Crippen molar-refractivity contribution in [3.8, 4) is 0 Å². The Bertz CT molecular complexity index is 1260. The van der Waals surface area contributed by atoms with Crippen LogP contribution < -0.4 is 20.8 Å². The summed E-state index contributed by atoms with van der Waals surface area (Å²) >= 11 is 0. The molecule has 0 spiro atoms. The van der Waals surface area contributed by atoms with Crippen molar-refractivity contribution in [3.05, 3.63) is 145 Å². The molecule has 2 heteroatoms. The minimum Gasteiger partial charge on any atom is -0.310 e. The molecule has 1 nitrogen and oxygen atoms in total. The van der Waals surface area contributed by atoms with Crippen LogP contribution in [0.15, 0.2) is 133 Å². The molecule has 5 aromatic carbocycles. The second kappa shape index (κ2) is 10.1. The van der Waals surface area contributed by atoms with Crippen LogP contribution in [0.1, 0.15) is 11.1 Å². The third-order valence-electron chi connectivity index (χ3n) is 5.96. The summed E-state index contributed by atoms with van der Waals surface area (Å²) < 4.78 is 0. The van der Waals surface area contributed by atoms with Crippen LogP contribution in [-0.4, -0.2) is 0 Å². The first-order chi connectivity index (χ1) is 16.7. The zero-order valence-corrected chi connectivity index (χ0v) is 20.5. The van der Waals surface area contributed by atoms with Gasteiger partial charge in [0.25, 0.3) is 0 Å². The summed E-state index contributed by atoms with van der Waals surface area (Å²) in [5, 5.41) is 4.06. The number of anilines is 3. The van der Waals surface area contributed by atoms with E-state index in [1.54, 1.807) is 0 Å². The molecule has 166 valence electrons. The average Bonchev–Trinajstić information content (AvgIpc) is 2.88. The van der Waals surface area contributed by atoms with Gasteiger partial charge in [0.1, 0.15) is 0 Å². The molecule has 0 saturated heterocycles. The Balaban J connectivity index is 1.65. The molecule has 0 radical (unpaired) electrons. The van der Waals surface area contributed by atoms with Gasteiger partial charge >= 0.3 is 0 Å². The van der Waals surface area contributed by atoms with Crippen LogP contribution >= 0.6 is 7.92 Å². The van der Waals surface area contributed by atoms with E-state index in [1.165, 1.54) is 32.7 Å². The van der Waals surface area contributed by atoms with Crippen molar-refractivity contribution in [2.45, 2.75) is 13.8 Å². The van der Waals surface area contributed by atoms with Crippen molar-refractivity contribution in [3.63, 3.8) is 0 Å². The molecule has 0 aliphatic rings. The molecule has 0 saturated carbocycles. The SMILES string of the molecule is Cc1ccc(N(c2ccc(C)cc2)c2cccc(P(c3ccccc3)c3ccccc3)c2)cc1. The fraction of sp³-hybridized carbons (Fsp3) is 0.0625. The van der Waals surface area contributed by atoms with E-state index in [0.717, 1.165) is 11.4 Å². The van der Waals surface area contributed by atoms with Gasteiger partial charge in [0.15, 0.2) is 0 Å². The summed E-state index contributed by atoms with van der Waals surface area (Å²) in [4.78, 5) is 2.35. The molecule has 0 amide bonds. The zero-order valence-electron chi connectivity index (χ0n) is 19.6. The van der Waals surface area contributed by atoms with Crippen LogP contribution in [-0.2, 0) is 0 Å². The van der Waals surface area contributed by atoms with Crippen LogP contribution in [0.4, 0.5) is 17.1 Å². The van der Waals surface area contributed by atoms with Gasteiger partial charge in [0.05, 0.1) is 0 Å². The first kappa shape index (κ1) is 22.1. The van der Waals surface area contributed by atoms with Gasteiger partial charge in [-0.05, 0) is 74.1 Å². The van der Waals surface area contributed by atoms with Gasteiger partial charge in [-0.25, -0.2) is 0 Å². The number of benzene rings is 5. The van der Waals surface area contributed by atoms with Crippen LogP contribution in [0.25, 0.3) is 0 Å². The minimum absolute atomic E-state index is 0.662. The fourth-order valence-electron chi connectivity index (χ4n) is 4.21. The molecule has 0 aromatic heterocycles. The number of aryl methyl sites for hydroxylation is 2. The lowest BCUT2D eigenvalue weighted by Crippen LogP contribution is -2.21. The topological polar surface area (TPSA) is 3.24 Å². The molecular weight excluding hydrogens is 429 g/mol. The molecule has 0 unspecified atom stereocenters. The Morgan fingerprint density at radius 3 is 1.32 bits per heavy atom. The van der Waals surface area contributed by atoms with E-state index in [0.29, 0.717) is 0 Å². The predicted molar refractivity (Wildman–Crippen MR) is 149 cm³/mol. The second-order valence-electron chi connectivity index (χ2n) is 8.53. The van der Waals surface area contributed by atoms with Crippen LogP contribution in [0, 0.1) is 13.8 Å². The third kappa shape index (κ3) is 4.81. The fourth-order valence-corrected chi connectivity index (χ4v) is 6.54. The Morgan fingerprint density at radius 2 is 0.853 bits per heavy atom. The monoisotopic (exact) mass is 457 g/mol. The van der Waals surface area contributed by atoms with Gasteiger partial charge < -0.3 is 4.90 Å². The molecule has 34 heavy (non-hydrogen) atoms. The van der Waals surface area contributed by atoms with Crippen LogP contribution in [0.2, 0.25) is 0 Å². The Morgan fingerprint density at radius 1 is 0.412 bits per heavy atom. The molecule has 5 aromatic rings. The number of rotatable bonds is 6. The lowest BCUT2D eigenvalue weighted by Gasteiger charge is -2.27. The van der Waals surface area contributed by atoms with Gasteiger partial charge in [-0.1, -0.05) is 108 Å². The quantitative estimate of drug-likeness (QED) is 0.238. The van der Waals surface area contributed by atoms with Gasteiger partial charge in [-0.2, -0.15) is 0 Å². The van der Waals surface area contributed by atoms with Crippen molar-refractivity contribution in [2.24, 2.45) is 0 Å². The highest BCUT2D eigenvalue weighted by atomic mass is 31.1. The molecule has 5 rings (SSSR count). The van der Waals surface area contributed by atoms with Gasteiger partial charge in [-0.3, -0.25) is 0 Å². The number of hydrogen-bond acceptors (Lipinski definition) is 1. The first-order valence-electron chi connectivity index (χ1n) is 11.6. The average molecular weight is 458 g/mol. The molecule has 0 aliphatic heterocycles. The van der Waals surface area contributed by atoms with E-state index in [2.05, 4.69) is 152 Å². The standard InChI is InChI=1S/C32H28NP/c1-25-16-20-27(21-17-25)33(28-22-18-26(2)19-23-28)29-10-9-15-32(24-29)34(30-11-5-3-6-12-30)31-13-7-4-8-14-31/h3-24H,1-2H3. The van der Waals surface area contributed by atoms with E-state index in [9.17, 15) is 0 Å². The maximum atomic E-state index is 2.37. The van der Waals surface area contributed by atoms with Crippen LogP contribution in [0.5, 0.6) is 0 Å². The van der Waals surface area contributed by atoms with E-state index in [1.807, 2.05) is 0 Å². The van der Waals surface area contributed by atoms with Gasteiger partial charge in [0, 0.05) is 17.1 Å². The lowest BCUT2D eigenvalue weighted by molar-refractivity contribution is 1.27. The predicted octanol–water partition coefficient (Wildman–Crippen LogP) is 7.53. The molecule has 0 heterocycles. The van der Waals surface area contributed by atoms with Crippen molar-refractivity contribution in [2.75, 3.05) is 4.90 Å². The zero-order chi connectivity index (χ0) is 23.3. The number of hydrogen-bond donors (Lipinski definition) is 0. The van der Waals surface area contributed by atoms with Crippen molar-refractivity contribution < 1.29 is 0 Å².